The van der Waals surface area contributed by atoms with Crippen LogP contribution in [0.3, 0.4) is 0 Å². The Morgan fingerprint density at radius 2 is 1.98 bits per heavy atom. The van der Waals surface area contributed by atoms with Crippen LogP contribution in [0.4, 0.5) is 8.78 Å². The number of rotatable bonds is 11. The van der Waals surface area contributed by atoms with Gasteiger partial charge in [0, 0.05) is 36.2 Å². The van der Waals surface area contributed by atoms with Crippen LogP contribution in [0.2, 0.25) is 0 Å². The number of ether oxygens (including phenoxy) is 3. The zero-order chi connectivity index (χ0) is 29.7. The number of nitrogen functional groups attached to an aromatic ring is 1. The lowest BCUT2D eigenvalue weighted by Gasteiger charge is -2.19. The Bertz CT molecular complexity index is 1550. The third kappa shape index (κ3) is 6.77. The van der Waals surface area contributed by atoms with E-state index in [1.165, 1.54) is 37.4 Å². The number of nitrogens with zero attached hydrogens (tertiary/aromatic N) is 3. The number of aliphatic imine (C=N–C) groups is 1. The smallest absolute Gasteiger partial charge is 0.305 e. The molecule has 1 aliphatic heterocycles. The van der Waals surface area contributed by atoms with Crippen molar-refractivity contribution < 1.29 is 37.1 Å². The van der Waals surface area contributed by atoms with Crippen LogP contribution in [-0.2, 0) is 20.3 Å². The van der Waals surface area contributed by atoms with Crippen molar-refractivity contribution in [2.24, 2.45) is 10.7 Å². The number of esters is 1. The largest absolute Gasteiger partial charge is 0.504 e. The van der Waals surface area contributed by atoms with Crippen molar-refractivity contribution in [2.45, 2.75) is 17.7 Å². The number of nitrogens with two attached hydrogens (primary N) is 1. The van der Waals surface area contributed by atoms with E-state index in [4.69, 9.17) is 20.6 Å². The summed E-state index contributed by atoms with van der Waals surface area (Å²) in [6.45, 7) is 1.08. The maximum absolute atomic E-state index is 15.5. The molecule has 4 N–H and O–H groups in total. The maximum atomic E-state index is 15.5. The zero-order valence-corrected chi connectivity index (χ0v) is 23.0. The molecule has 0 aliphatic carbocycles. The minimum Gasteiger partial charge on any atom is -0.504 e. The van der Waals surface area contributed by atoms with Crippen molar-refractivity contribution in [3.05, 3.63) is 65.4 Å². The van der Waals surface area contributed by atoms with Gasteiger partial charge in [0.1, 0.15) is 17.4 Å². The number of hydrogen-bond acceptors (Lipinski definition) is 10. The number of phenolic OH excluding ortho intramolecular Hbond substituents is 1. The van der Waals surface area contributed by atoms with E-state index in [1.807, 2.05) is 4.90 Å². The second-order valence-corrected chi connectivity index (χ2v) is 10.4. The molecule has 0 radical (unpaired) electrons. The first-order valence-electron chi connectivity index (χ1n) is 12.3. The summed E-state index contributed by atoms with van der Waals surface area (Å²) in [7, 11) is 1.59. The topological polar surface area (TPSA) is 160 Å². The van der Waals surface area contributed by atoms with Crippen LogP contribution in [-0.4, -0.2) is 69.8 Å². The molecule has 1 aliphatic rings. The van der Waals surface area contributed by atoms with Gasteiger partial charge in [-0.2, -0.15) is 4.39 Å². The summed E-state index contributed by atoms with van der Waals surface area (Å²) in [6, 6.07) is 8.29. The average molecular weight is 588 g/mol. The average Bonchev–Trinajstić information content (AvgIpc) is 3.38. The van der Waals surface area contributed by atoms with Gasteiger partial charge in [0.2, 0.25) is 11.6 Å². The first kappa shape index (κ1) is 29.4. The van der Waals surface area contributed by atoms with Crippen LogP contribution in [0.25, 0.3) is 0 Å². The van der Waals surface area contributed by atoms with Gasteiger partial charge in [-0.05, 0) is 42.8 Å². The minimum atomic E-state index is -1.48. The normalized spacial score (nSPS) is 13.5. The van der Waals surface area contributed by atoms with E-state index in [9.17, 15) is 18.5 Å². The highest BCUT2D eigenvalue weighted by Gasteiger charge is 2.25. The number of nitrogens with one attached hydrogen (secondary N) is 1. The minimum absolute atomic E-state index is 0.0317. The van der Waals surface area contributed by atoms with E-state index in [-0.39, 0.29) is 40.8 Å². The first-order valence-corrected chi connectivity index (χ1v) is 13.6. The third-order valence-corrected chi connectivity index (χ3v) is 7.48. The number of aromatic hydroxyl groups is 1. The Hall–Kier alpha value is -4.59. The van der Waals surface area contributed by atoms with Gasteiger partial charge >= 0.3 is 5.97 Å². The molecule has 14 heteroatoms. The lowest BCUT2D eigenvalue weighted by atomic mass is 10.1. The second kappa shape index (κ2) is 12.7. The predicted molar refractivity (Wildman–Crippen MR) is 146 cm³/mol. The number of halogens is 2. The molecule has 2 aromatic carbocycles. The molecule has 1 atom stereocenters. The predicted octanol–water partition coefficient (Wildman–Crippen LogP) is 3.69. The number of carbonyl (C=O) groups excluding carboxylic acids is 1. The Labute approximate surface area is 236 Å². The molecule has 0 bridgehead atoms. The van der Waals surface area contributed by atoms with E-state index < -0.39 is 40.0 Å². The van der Waals surface area contributed by atoms with Crippen molar-refractivity contribution in [2.75, 3.05) is 33.0 Å². The summed E-state index contributed by atoms with van der Waals surface area (Å²) < 4.78 is 59.0. The van der Waals surface area contributed by atoms with Gasteiger partial charge in [-0.1, -0.05) is 0 Å². The summed E-state index contributed by atoms with van der Waals surface area (Å²) in [5.74, 6) is -4.60. The number of amidine groups is 2. The number of aromatic nitrogens is 1. The molecule has 4 rings (SSSR count). The molecule has 1 unspecified atom stereocenters. The SMILES string of the molecule is COC(=O)CCCS(=O)c1ccc(Oc2c(F)cnc(Oc3cc(C(=N)N)ccc3O)c2F)c(C2=NCCN2C)c1. The molecule has 41 heavy (non-hydrogen) atoms. The lowest BCUT2D eigenvalue weighted by Crippen LogP contribution is -2.24. The molecule has 2 heterocycles. The van der Waals surface area contributed by atoms with E-state index in [0.717, 1.165) is 0 Å². The third-order valence-electron chi connectivity index (χ3n) is 6.04. The van der Waals surface area contributed by atoms with Crippen LogP contribution in [0.5, 0.6) is 28.9 Å². The van der Waals surface area contributed by atoms with Gasteiger partial charge in [0.15, 0.2) is 17.3 Å². The van der Waals surface area contributed by atoms with Crippen LogP contribution < -0.4 is 15.2 Å². The Morgan fingerprint density at radius 3 is 2.66 bits per heavy atom. The molecular weight excluding hydrogens is 560 g/mol. The first-order chi connectivity index (χ1) is 19.6. The molecule has 1 aromatic heterocycles. The van der Waals surface area contributed by atoms with Crippen LogP contribution in [0.15, 0.2) is 52.5 Å². The fraction of sp³-hybridized carbons (Fsp3) is 0.259. The summed E-state index contributed by atoms with van der Waals surface area (Å²) in [5.41, 5.74) is 6.02. The van der Waals surface area contributed by atoms with Crippen LogP contribution in [0.1, 0.15) is 24.0 Å². The van der Waals surface area contributed by atoms with Gasteiger partial charge in [-0.15, -0.1) is 0 Å². The number of pyridine rings is 1. The zero-order valence-electron chi connectivity index (χ0n) is 22.1. The van der Waals surface area contributed by atoms with Gasteiger partial charge in [0.05, 0.1) is 36.2 Å². The van der Waals surface area contributed by atoms with E-state index >= 15 is 4.39 Å². The Kier molecular flexibility index (Phi) is 9.12. The van der Waals surface area contributed by atoms with Crippen molar-refractivity contribution >= 4 is 28.4 Å². The van der Waals surface area contributed by atoms with Gasteiger partial charge in [-0.3, -0.25) is 19.4 Å². The number of carbonyl (C=O) groups is 1. The number of phenols is 1. The van der Waals surface area contributed by atoms with Gasteiger partial charge in [-0.25, -0.2) is 9.37 Å². The monoisotopic (exact) mass is 587 g/mol. The molecular formula is C27H27F2N5O6S. The number of likely N-dealkylation sites (N-methyl/N-ethyl adjacent to an activating group) is 1. The highest BCUT2D eigenvalue weighted by Crippen LogP contribution is 2.38. The fourth-order valence-corrected chi connectivity index (χ4v) is 4.99. The molecule has 11 nitrogen and oxygen atoms in total. The van der Waals surface area contributed by atoms with Crippen molar-refractivity contribution in [1.29, 1.82) is 5.41 Å². The molecule has 3 aromatic rings. The summed E-state index contributed by atoms with van der Waals surface area (Å²) in [5, 5.41) is 17.7. The molecule has 0 saturated heterocycles. The summed E-state index contributed by atoms with van der Waals surface area (Å²) >= 11 is 0. The summed E-state index contributed by atoms with van der Waals surface area (Å²) in [4.78, 5) is 21.7. The van der Waals surface area contributed by atoms with Gasteiger partial charge in [0.25, 0.3) is 5.88 Å². The number of hydrogen-bond donors (Lipinski definition) is 3. The molecule has 0 amide bonds. The lowest BCUT2D eigenvalue weighted by molar-refractivity contribution is -0.140. The maximum Gasteiger partial charge on any atom is 0.305 e. The number of methoxy groups -OCH3 is 1. The van der Waals surface area contributed by atoms with Gasteiger partial charge < -0.3 is 30.0 Å². The highest BCUT2D eigenvalue weighted by atomic mass is 32.2. The Balaban J connectivity index is 1.66. The standard InChI is InChI=1S/C27H27F2N5O6S/c1-34-10-9-32-26(34)17-13-16(41(37)11-3-4-22(36)38-2)6-8-20(17)39-24-18(28)14-33-27(23(24)29)40-21-12-15(25(30)31)5-7-19(21)35/h5-8,12-14,35H,3-4,9-11H2,1-2H3,(H3,30,31). The van der Waals surface area contributed by atoms with E-state index in [1.54, 1.807) is 13.1 Å². The highest BCUT2D eigenvalue weighted by molar-refractivity contribution is 7.85. The van der Waals surface area contributed by atoms with E-state index in [2.05, 4.69) is 14.7 Å². The second-order valence-electron chi connectivity index (χ2n) is 8.87. The molecule has 0 saturated carbocycles. The summed E-state index contributed by atoms with van der Waals surface area (Å²) in [6.07, 6.45) is 1.16. The Morgan fingerprint density at radius 1 is 1.20 bits per heavy atom. The van der Waals surface area contributed by atoms with Crippen molar-refractivity contribution in [1.82, 2.24) is 9.88 Å². The number of benzene rings is 2. The molecule has 216 valence electrons. The molecule has 0 fully saturated rings. The van der Waals surface area contributed by atoms with Crippen LogP contribution >= 0.6 is 0 Å². The quantitative estimate of drug-likeness (QED) is 0.173. The van der Waals surface area contributed by atoms with E-state index in [0.29, 0.717) is 42.0 Å². The fourth-order valence-electron chi connectivity index (χ4n) is 3.88. The molecule has 0 spiro atoms. The van der Waals surface area contributed by atoms with Crippen molar-refractivity contribution in [3.8, 4) is 28.9 Å². The van der Waals surface area contributed by atoms with Crippen molar-refractivity contribution in [3.63, 3.8) is 0 Å². The van der Waals surface area contributed by atoms with Crippen LogP contribution in [0, 0.1) is 17.0 Å².